The van der Waals surface area contributed by atoms with Crippen molar-refractivity contribution in [1.29, 1.82) is 0 Å². The van der Waals surface area contributed by atoms with Crippen LogP contribution in [0.1, 0.15) is 15.2 Å². The Bertz CT molecular complexity index is 101. The number of hydrogen-bond acceptors (Lipinski definition) is 0. The zero-order valence-corrected chi connectivity index (χ0v) is 4.28. The van der Waals surface area contributed by atoms with Gasteiger partial charge in [0.2, 0.25) is 0 Å². The molecule has 0 amide bonds. The largest absolute Gasteiger partial charge is 0.0959 e. The molecular formula is C6H10. The van der Waals surface area contributed by atoms with Crippen molar-refractivity contribution >= 4 is 0 Å². The lowest BCUT2D eigenvalue weighted by Crippen LogP contribution is -1.67. The molecule has 34 valence electrons. The van der Waals surface area contributed by atoms with Crippen LogP contribution in [0.25, 0.3) is 0 Å². The molecule has 0 rings (SSSR count). The maximum Gasteiger partial charge on any atom is 0.0541 e. The van der Waals surface area contributed by atoms with Crippen LogP contribution < -0.4 is 0 Å². The van der Waals surface area contributed by atoms with E-state index in [1.165, 1.54) is 6.55 Å². The number of allylic oxidation sites excluding steroid dienone is 2. The summed E-state index contributed by atoms with van der Waals surface area (Å²) < 4.78 is 6.72. The van der Waals surface area contributed by atoms with Crippen LogP contribution in [0.4, 0.5) is 0 Å². The first-order chi connectivity index (χ1) is 3.18. The smallest absolute Gasteiger partial charge is 0.0541 e. The molecule has 0 nitrogen and oxygen atoms in total. The molecule has 0 bridgehead atoms. The lowest BCUT2D eigenvalue weighted by molar-refractivity contribution is 1.39. The van der Waals surface area contributed by atoms with Gasteiger partial charge < -0.3 is 0 Å². The lowest BCUT2D eigenvalue weighted by atomic mass is 10.2. The molecule has 0 aromatic heterocycles. The van der Waals surface area contributed by atoms with Gasteiger partial charge in [-0.2, -0.15) is 0 Å². The highest BCUT2D eigenvalue weighted by Crippen LogP contribution is 1.98. The molecule has 0 radical (unpaired) electrons. The predicted octanol–water partition coefficient (Wildman–Crippen LogP) is 2.14. The molecule has 0 aliphatic rings. The summed E-state index contributed by atoms with van der Waals surface area (Å²) >= 11 is 0. The van der Waals surface area contributed by atoms with Crippen LogP contribution in [-0.4, -0.2) is 0 Å². The van der Waals surface area contributed by atoms with Gasteiger partial charge in [0.1, 0.15) is 0 Å². The van der Waals surface area contributed by atoms with E-state index >= 15 is 0 Å². The molecule has 0 heterocycles. The average molecular weight is 83.2 g/mol. The van der Waals surface area contributed by atoms with E-state index in [4.69, 9.17) is 1.37 Å². The number of rotatable bonds is 1. The molecule has 0 unspecified atom stereocenters. The van der Waals surface area contributed by atoms with Crippen molar-refractivity contribution in [2.45, 2.75) is 13.8 Å². The summed E-state index contributed by atoms with van der Waals surface area (Å²) in [6, 6.07) is 0. The van der Waals surface area contributed by atoms with Crippen molar-refractivity contribution in [3.05, 3.63) is 24.3 Å². The second kappa shape index (κ2) is 1.81. The lowest BCUT2D eigenvalue weighted by Gasteiger charge is -1.88. The SMILES string of the molecule is [2H]C=C(C)C(=C)C. The third kappa shape index (κ3) is 1.77. The summed E-state index contributed by atoms with van der Waals surface area (Å²) in [5, 5.41) is 0. The molecule has 6 heavy (non-hydrogen) atoms. The Morgan fingerprint density at radius 3 is 2.00 bits per heavy atom. The van der Waals surface area contributed by atoms with Crippen LogP contribution in [0.15, 0.2) is 24.3 Å². The van der Waals surface area contributed by atoms with Crippen LogP contribution in [0.2, 0.25) is 0 Å². The highest BCUT2D eigenvalue weighted by Gasteiger charge is 1.77. The fraction of sp³-hybridized carbons (Fsp3) is 0.333. The molecule has 0 N–H and O–H groups in total. The van der Waals surface area contributed by atoms with Gasteiger partial charge in [-0.1, -0.05) is 24.3 Å². The van der Waals surface area contributed by atoms with E-state index in [9.17, 15) is 0 Å². The van der Waals surface area contributed by atoms with Gasteiger partial charge in [-0.15, -0.1) is 0 Å². The fourth-order valence-corrected chi connectivity index (χ4v) is 0. The molecule has 0 saturated carbocycles. The monoisotopic (exact) mass is 83.1 g/mol. The van der Waals surface area contributed by atoms with E-state index in [0.717, 1.165) is 11.1 Å². The van der Waals surface area contributed by atoms with E-state index in [1.807, 2.05) is 13.8 Å². The highest BCUT2D eigenvalue weighted by atomic mass is 13.8. The summed E-state index contributed by atoms with van der Waals surface area (Å²) in [5.41, 5.74) is 1.91. The molecule has 0 fully saturated rings. The molecule has 0 saturated heterocycles. The predicted molar refractivity (Wildman–Crippen MR) is 29.6 cm³/mol. The second-order valence-electron chi connectivity index (χ2n) is 1.46. The topological polar surface area (TPSA) is 0 Å². The van der Waals surface area contributed by atoms with Gasteiger partial charge in [-0.3, -0.25) is 0 Å². The normalized spacial score (nSPS) is 13.7. The summed E-state index contributed by atoms with van der Waals surface area (Å²) in [5.74, 6) is 0. The van der Waals surface area contributed by atoms with E-state index in [1.54, 1.807) is 0 Å². The molecule has 0 aromatic rings. The Labute approximate surface area is 40.6 Å². The van der Waals surface area contributed by atoms with Crippen molar-refractivity contribution in [2.24, 2.45) is 0 Å². The standard InChI is InChI=1S/C6H10/c1-5(2)6(3)4/h1,3H2,2,4H3/i1D. The second-order valence-corrected chi connectivity index (χ2v) is 1.46. The molecule has 0 heteroatoms. The van der Waals surface area contributed by atoms with Crippen molar-refractivity contribution in [1.82, 2.24) is 0 Å². The Balaban J connectivity index is 3.82. The average Bonchev–Trinajstić information content (AvgIpc) is 1.65. The summed E-state index contributed by atoms with van der Waals surface area (Å²) in [6.45, 7) is 8.71. The van der Waals surface area contributed by atoms with Gasteiger partial charge in [0.15, 0.2) is 0 Å². The van der Waals surface area contributed by atoms with E-state index in [2.05, 4.69) is 6.58 Å². The molecule has 0 spiro atoms. The summed E-state index contributed by atoms with van der Waals surface area (Å²) in [7, 11) is 0. The van der Waals surface area contributed by atoms with Crippen molar-refractivity contribution in [3.63, 3.8) is 0 Å². The van der Waals surface area contributed by atoms with Crippen molar-refractivity contribution in [2.75, 3.05) is 0 Å². The first-order valence-electron chi connectivity index (χ1n) is 2.47. The van der Waals surface area contributed by atoms with E-state index in [0.29, 0.717) is 0 Å². The van der Waals surface area contributed by atoms with Crippen LogP contribution in [-0.2, 0) is 0 Å². The quantitative estimate of drug-likeness (QED) is 0.426. The third-order valence-corrected chi connectivity index (χ3v) is 0.673. The van der Waals surface area contributed by atoms with Gasteiger partial charge in [0.25, 0.3) is 0 Å². The minimum absolute atomic E-state index is 0.944. The van der Waals surface area contributed by atoms with Gasteiger partial charge in [-0.25, -0.2) is 0 Å². The third-order valence-electron chi connectivity index (χ3n) is 0.673. The Morgan fingerprint density at radius 1 is 1.50 bits per heavy atom. The van der Waals surface area contributed by atoms with Crippen molar-refractivity contribution < 1.29 is 1.37 Å². The van der Waals surface area contributed by atoms with Crippen LogP contribution in [0, 0.1) is 0 Å². The molecule has 0 aromatic carbocycles. The molecule has 0 aliphatic heterocycles. The van der Waals surface area contributed by atoms with Crippen LogP contribution in [0.3, 0.4) is 0 Å². The number of hydrogen-bond donors (Lipinski definition) is 0. The highest BCUT2D eigenvalue weighted by molar-refractivity contribution is 5.19. The van der Waals surface area contributed by atoms with Gasteiger partial charge in [0, 0.05) is 0 Å². The Morgan fingerprint density at radius 2 is 2.00 bits per heavy atom. The van der Waals surface area contributed by atoms with Crippen LogP contribution in [0.5, 0.6) is 0 Å². The van der Waals surface area contributed by atoms with Gasteiger partial charge in [0.05, 0.1) is 1.37 Å². The maximum absolute atomic E-state index is 6.72. The fourth-order valence-electron chi connectivity index (χ4n) is 0. The van der Waals surface area contributed by atoms with Crippen LogP contribution >= 0.6 is 0 Å². The summed E-state index contributed by atoms with van der Waals surface area (Å²) in [6.07, 6.45) is 0. The summed E-state index contributed by atoms with van der Waals surface area (Å²) in [4.78, 5) is 0. The van der Waals surface area contributed by atoms with E-state index < -0.39 is 0 Å². The zero-order valence-electron chi connectivity index (χ0n) is 5.28. The Hall–Kier alpha value is -0.520. The van der Waals surface area contributed by atoms with E-state index in [-0.39, 0.29) is 0 Å². The minimum Gasteiger partial charge on any atom is -0.0959 e. The first kappa shape index (κ1) is 3.66. The minimum atomic E-state index is 0.944. The Kier molecular flexibility index (Phi) is 1.10. The van der Waals surface area contributed by atoms with Crippen molar-refractivity contribution in [3.8, 4) is 0 Å². The molecule has 0 aliphatic carbocycles. The maximum atomic E-state index is 6.72. The first-order valence-corrected chi connectivity index (χ1v) is 1.89. The van der Waals surface area contributed by atoms with Gasteiger partial charge in [-0.05, 0) is 13.8 Å². The molecule has 0 atom stereocenters. The zero-order chi connectivity index (χ0) is 5.86. The molecular weight excluding hydrogens is 72.1 g/mol. The van der Waals surface area contributed by atoms with Gasteiger partial charge >= 0.3 is 0 Å².